The zero-order valence-corrected chi connectivity index (χ0v) is 79.3. The number of carbonyl (C=O) groups excluding carboxylic acids is 5. The number of rotatable bonds is 42. The Bertz CT molecular complexity index is 4050. The van der Waals surface area contributed by atoms with E-state index in [0.717, 1.165) is 34.6 Å². The summed E-state index contributed by atoms with van der Waals surface area (Å²) in [7, 11) is 0. The SMILES string of the molecule is CC(=O)N[C@H]1[C@H](O[C@@H]([C@H](O)[C@H](CO)NC(C)=O)[C@H](O)CO[C@@H]2O[C@@H](C)[C@@H](O)[C@@H](O)[C@@H]2O)O[C@H](CO)[C@@H](O[C@@H]2O[C@H](CO[C@H]3O[C@H](CO[C@@H]4O[C@H](CO)[C@@H](O[C@@H]5O[C@H](CO)[C@H](O)[C@H](O)[C@H]5O)[C@H](O)[C@H]4NC(C)=O)[C@@H](O)[C@H](O)[C@@H]3O[C@@H]3O[C@H](CO)[C@@H](O[C@@H]4O[C@H](CO)[C@H](O)[C@H](O)[C@H]4O)[C@H](O)[C@H]3NC(C)=O)[C@@H](O)[C@H](O[C@H]3O[C@H](CO)[C@@H](O[C@@H]4O[C@H](CO)[C@@H](O[C@@H]5O[C@H](CO)[C@H](O)[C@H](O)[C@H]5O)[C@H](O)[C@H]4NC(C)=O)[C@H](O)[C@@H]3O)[C@@H]2O)[C@@H]1O. The molecule has 38 N–H and O–H groups in total. The molecule has 0 aromatic heterocycles. The molecular weight excluding hydrogens is 2010 g/mol. The number of amides is 5. The van der Waals surface area contributed by atoms with Crippen molar-refractivity contribution in [2.45, 2.75) is 403 Å². The van der Waals surface area contributed by atoms with Crippen molar-refractivity contribution in [3.05, 3.63) is 0 Å². The molecule has 852 valence electrons. The minimum Gasteiger partial charge on any atom is -0.394 e. The van der Waals surface area contributed by atoms with Gasteiger partial charge in [-0.2, -0.15) is 0 Å². The third kappa shape index (κ3) is 28.0. The fraction of sp³-hybridized carbons (Fsp3) is 0.939. The first-order valence-corrected chi connectivity index (χ1v) is 46.9. The van der Waals surface area contributed by atoms with Crippen LogP contribution in [0.1, 0.15) is 41.5 Å². The lowest BCUT2D eigenvalue weighted by molar-refractivity contribution is -0.394. The molecule has 11 aliphatic rings. The van der Waals surface area contributed by atoms with Gasteiger partial charge in [0.15, 0.2) is 69.2 Å². The highest BCUT2D eigenvalue weighted by Crippen LogP contribution is 2.42. The number of ether oxygens (including phenoxy) is 22. The van der Waals surface area contributed by atoms with E-state index in [1.54, 1.807) is 0 Å². The first-order chi connectivity index (χ1) is 69.5. The molecule has 0 unspecified atom stereocenters. The molecule has 0 radical (unpaired) electrons. The Morgan fingerprint density at radius 2 is 0.524 bits per heavy atom. The van der Waals surface area contributed by atoms with Crippen LogP contribution in [0.4, 0.5) is 0 Å². The average molecular weight is 2150 g/mol. The minimum atomic E-state index is -2.72. The van der Waals surface area contributed by atoms with Crippen molar-refractivity contribution in [3.8, 4) is 0 Å². The molecule has 11 saturated heterocycles. The fourth-order valence-electron chi connectivity index (χ4n) is 18.7. The van der Waals surface area contributed by atoms with E-state index in [1.165, 1.54) is 6.92 Å². The summed E-state index contributed by atoms with van der Waals surface area (Å²) < 4.78 is 131. The van der Waals surface area contributed by atoms with Gasteiger partial charge in [-0.15, -0.1) is 0 Å². The molecule has 0 saturated carbocycles. The molecule has 11 heterocycles. The Morgan fingerprint density at radius 3 is 0.905 bits per heavy atom. The van der Waals surface area contributed by atoms with Crippen LogP contribution >= 0.6 is 0 Å². The maximum absolute atomic E-state index is 13.4. The minimum absolute atomic E-state index is 0.857. The summed E-state index contributed by atoms with van der Waals surface area (Å²) >= 11 is 0. The van der Waals surface area contributed by atoms with Gasteiger partial charge < -0.3 is 299 Å². The van der Waals surface area contributed by atoms with Gasteiger partial charge in [0.25, 0.3) is 0 Å². The van der Waals surface area contributed by atoms with Crippen LogP contribution in [0, 0.1) is 0 Å². The van der Waals surface area contributed by atoms with Crippen LogP contribution in [-0.2, 0) is 128 Å². The molecule has 0 bridgehead atoms. The van der Waals surface area contributed by atoms with Gasteiger partial charge >= 0.3 is 0 Å². The van der Waals surface area contributed by atoms with E-state index in [-0.39, 0.29) is 0 Å². The smallest absolute Gasteiger partial charge is 0.217 e. The molecule has 65 heteroatoms. The van der Waals surface area contributed by atoms with E-state index < -0.39 is 471 Å². The van der Waals surface area contributed by atoms with Crippen LogP contribution in [-0.4, -0.2) is 639 Å². The van der Waals surface area contributed by atoms with E-state index in [9.17, 15) is 192 Å². The van der Waals surface area contributed by atoms with Gasteiger partial charge in [-0.1, -0.05) is 0 Å². The predicted octanol–water partition coefficient (Wildman–Crippen LogP) is -25.8. The van der Waals surface area contributed by atoms with Crippen molar-refractivity contribution >= 4 is 29.5 Å². The maximum Gasteiger partial charge on any atom is 0.217 e. The zero-order chi connectivity index (χ0) is 109. The number of hydrogen-bond acceptors (Lipinski definition) is 60. The second-order valence-corrected chi connectivity index (χ2v) is 37.2. The molecule has 147 heavy (non-hydrogen) atoms. The summed E-state index contributed by atoms with van der Waals surface area (Å²) in [5.74, 6) is -4.93. The highest BCUT2D eigenvalue weighted by Gasteiger charge is 2.63. The third-order valence-corrected chi connectivity index (χ3v) is 26.7. The van der Waals surface area contributed by atoms with Crippen LogP contribution in [0.5, 0.6) is 0 Å². The number of aliphatic hydroxyl groups excluding tert-OH is 33. The first kappa shape index (κ1) is 122. The van der Waals surface area contributed by atoms with Crippen LogP contribution in [0.25, 0.3) is 0 Å². The van der Waals surface area contributed by atoms with Gasteiger partial charge in [-0.25, -0.2) is 0 Å². The number of nitrogens with one attached hydrogen (secondary N) is 5. The predicted molar refractivity (Wildman–Crippen MR) is 454 cm³/mol. The Labute approximate surface area is 833 Å². The van der Waals surface area contributed by atoms with Crippen LogP contribution in [0.2, 0.25) is 0 Å². The van der Waals surface area contributed by atoms with E-state index in [1.807, 2.05) is 0 Å². The molecular formula is C82H139N5O60. The van der Waals surface area contributed by atoms with Crippen LogP contribution < -0.4 is 26.6 Å². The zero-order valence-electron chi connectivity index (χ0n) is 79.3. The number of carbonyl (C=O) groups is 5. The number of aliphatic hydroxyl groups is 33. The fourth-order valence-corrected chi connectivity index (χ4v) is 18.7. The van der Waals surface area contributed by atoms with Crippen LogP contribution in [0.3, 0.4) is 0 Å². The summed E-state index contributed by atoms with van der Waals surface area (Å²) in [6, 6.07) is -9.85. The lowest BCUT2D eigenvalue weighted by atomic mass is 9.94. The van der Waals surface area contributed by atoms with Crippen molar-refractivity contribution in [2.75, 3.05) is 79.3 Å². The molecule has 65 nitrogen and oxygen atoms in total. The molecule has 59 atom stereocenters. The Balaban J connectivity index is 0.946. The lowest BCUT2D eigenvalue weighted by Crippen LogP contribution is -2.70. The van der Waals surface area contributed by atoms with E-state index >= 15 is 0 Å². The second kappa shape index (κ2) is 54.2. The topological polar surface area (TPSA) is 1020 Å². The van der Waals surface area contributed by atoms with Crippen molar-refractivity contribution in [1.29, 1.82) is 0 Å². The molecule has 0 aliphatic carbocycles. The van der Waals surface area contributed by atoms with Crippen LogP contribution in [0.15, 0.2) is 0 Å². The highest BCUT2D eigenvalue weighted by atomic mass is 16.8. The first-order valence-electron chi connectivity index (χ1n) is 46.9. The molecule has 0 aromatic carbocycles. The van der Waals surface area contributed by atoms with Gasteiger partial charge in [0.1, 0.15) is 281 Å². The molecule has 11 rings (SSSR count). The van der Waals surface area contributed by atoms with E-state index in [2.05, 4.69) is 26.6 Å². The average Bonchev–Trinajstić information content (AvgIpc) is 0.690. The summed E-state index contributed by atoms with van der Waals surface area (Å²) in [4.78, 5) is 65.1. The lowest BCUT2D eigenvalue weighted by Gasteiger charge is -2.51. The van der Waals surface area contributed by atoms with Gasteiger partial charge in [-0.3, -0.25) is 24.0 Å². The van der Waals surface area contributed by atoms with Crippen molar-refractivity contribution < 1.29 is 297 Å². The molecule has 11 fully saturated rings. The monoisotopic (exact) mass is 2150 g/mol. The number of hydrogen-bond donors (Lipinski definition) is 38. The van der Waals surface area contributed by atoms with Gasteiger partial charge in [0, 0.05) is 34.6 Å². The molecule has 0 aromatic rings. The normalized spacial score (nSPS) is 47.3. The van der Waals surface area contributed by atoms with Gasteiger partial charge in [-0.05, 0) is 6.92 Å². The second-order valence-electron chi connectivity index (χ2n) is 37.2. The Morgan fingerprint density at radius 1 is 0.252 bits per heavy atom. The molecule has 0 spiro atoms. The summed E-state index contributed by atoms with van der Waals surface area (Å²) in [6.07, 6.45) is -116. The van der Waals surface area contributed by atoms with E-state index in [4.69, 9.17) is 104 Å². The van der Waals surface area contributed by atoms with Gasteiger partial charge in [0.2, 0.25) is 29.5 Å². The van der Waals surface area contributed by atoms with Gasteiger partial charge in [0.05, 0.1) is 91.4 Å². The summed E-state index contributed by atoms with van der Waals surface area (Å²) in [6.45, 7) is -8.18. The van der Waals surface area contributed by atoms with Crippen molar-refractivity contribution in [3.63, 3.8) is 0 Å². The Kier molecular flexibility index (Phi) is 45.1. The van der Waals surface area contributed by atoms with Crippen molar-refractivity contribution in [1.82, 2.24) is 26.6 Å². The third-order valence-electron chi connectivity index (χ3n) is 26.7. The largest absolute Gasteiger partial charge is 0.394 e. The molecule has 5 amide bonds. The van der Waals surface area contributed by atoms with E-state index in [0.29, 0.717) is 0 Å². The maximum atomic E-state index is 13.4. The summed E-state index contributed by atoms with van der Waals surface area (Å²) in [5.41, 5.74) is 0. The standard InChI is InChI=1S/C82H139N5O60/c1-19-41(103)52(114)58(120)76(129-19)126-16-26(102)64(42(104)25(7-88)83-20(2)97)140-73-38(85-22(4)99)49(111)68(33(14-95)134-73)145-81-63(125)70(146-80-62(124)57(119)69(34(15-96)137-80)141-74-39(86-23(5)100)50(112)66(31(12-93)135-74)143-78-60(122)54(116)44(106)28(9-90)131-78)47(109)36(138-81)18-128-82-71(147-75-40(87-24(6)101)51(113)67(32(13-94)136-75)144-79-61(123)55(117)45(107)29(10-91)132-79)56(118)46(108)35(139-82)17-127-72-37(84-21(3)98)48(110)65(30(11-92)133-72)142-77-59(121)53(115)43(105)27(8-89)130-77/h19,25-82,88-96,102-125H,7-18H2,1-6H3,(H,83,97)(H,84,98)(H,85,99)(H,86,100)(H,87,101)/t19-,25-,26+,27+,28+,29+,30+,31+,32+,33+,34+,35+,36+,37+,38+,39+,40+,41+,42+,43-,44-,45-,46+,47+,48+,49+,50+,51+,52+,53-,54-,55-,56-,57+,58-,59+,60+,61+,62-,63-,64+,65+,66+,67+,68+,69+,70-,71-,72+,73-,74-,75-,76+,77-,78-,79-,80+,81-,82-/m0/s1. The molecule has 11 aliphatic heterocycles. The highest BCUT2D eigenvalue weighted by molar-refractivity contribution is 5.75. The Hall–Kier alpha value is -4.85. The quantitative estimate of drug-likeness (QED) is 0.0270. The summed E-state index contributed by atoms with van der Waals surface area (Å²) in [5, 5.41) is 383. The van der Waals surface area contributed by atoms with Crippen molar-refractivity contribution in [2.24, 2.45) is 0 Å².